The van der Waals surface area contributed by atoms with Gasteiger partial charge in [-0.05, 0) is 19.1 Å². The van der Waals surface area contributed by atoms with Gasteiger partial charge in [0.2, 0.25) is 0 Å². The maximum atomic E-state index is 6.04. The summed E-state index contributed by atoms with van der Waals surface area (Å²) < 4.78 is 5.24. The minimum absolute atomic E-state index is 0.499. The number of rotatable bonds is 4. The summed E-state index contributed by atoms with van der Waals surface area (Å²) in [7, 11) is 0. The highest BCUT2D eigenvalue weighted by atomic mass is 35.5. The van der Waals surface area contributed by atoms with Gasteiger partial charge in [0.15, 0.2) is 0 Å². The maximum absolute atomic E-state index is 6.04. The van der Waals surface area contributed by atoms with Crippen molar-refractivity contribution in [1.82, 2.24) is 9.97 Å². The van der Waals surface area contributed by atoms with Crippen LogP contribution in [-0.4, -0.2) is 9.97 Å². The quantitative estimate of drug-likeness (QED) is 0.848. The molecular formula is C12H14ClN3O. The molecule has 0 atom stereocenters. The molecule has 0 radical (unpaired) electrons. The third-order valence-corrected chi connectivity index (χ3v) is 2.83. The van der Waals surface area contributed by atoms with Crippen molar-refractivity contribution < 1.29 is 4.42 Å². The number of hydrogen-bond acceptors (Lipinski definition) is 4. The number of nitrogens with one attached hydrogen (secondary N) is 1. The zero-order valence-corrected chi connectivity index (χ0v) is 10.6. The number of nitrogens with zero attached hydrogens (tertiary/aromatic N) is 2. The summed E-state index contributed by atoms with van der Waals surface area (Å²) in [5.41, 5.74) is 0.857. The number of hydrogen-bond donors (Lipinski definition) is 1. The van der Waals surface area contributed by atoms with Crippen LogP contribution < -0.4 is 5.32 Å². The third-order valence-electron chi connectivity index (χ3n) is 2.46. The van der Waals surface area contributed by atoms with Gasteiger partial charge in [0.1, 0.15) is 22.6 Å². The Bertz CT molecular complexity index is 497. The second kappa shape index (κ2) is 5.19. The van der Waals surface area contributed by atoms with Crippen molar-refractivity contribution >= 4 is 17.4 Å². The van der Waals surface area contributed by atoms with E-state index in [1.165, 1.54) is 0 Å². The SMILES string of the molecule is CCc1nc(Cl)c(C)c(NCc2ccco2)n1. The number of aryl methyl sites for hydroxylation is 1. The van der Waals surface area contributed by atoms with Crippen molar-refractivity contribution in [2.24, 2.45) is 0 Å². The Kier molecular flexibility index (Phi) is 3.64. The van der Waals surface area contributed by atoms with Crippen LogP contribution >= 0.6 is 11.6 Å². The highest BCUT2D eigenvalue weighted by molar-refractivity contribution is 6.30. The molecule has 17 heavy (non-hydrogen) atoms. The molecule has 90 valence electrons. The van der Waals surface area contributed by atoms with Crippen LogP contribution in [0, 0.1) is 6.92 Å². The molecule has 0 aliphatic heterocycles. The zero-order chi connectivity index (χ0) is 12.3. The largest absolute Gasteiger partial charge is 0.467 e. The van der Waals surface area contributed by atoms with E-state index in [0.29, 0.717) is 11.7 Å². The van der Waals surface area contributed by atoms with Gasteiger partial charge in [-0.25, -0.2) is 9.97 Å². The molecule has 2 aromatic rings. The Balaban J connectivity index is 2.17. The lowest BCUT2D eigenvalue weighted by atomic mass is 10.3. The Hall–Kier alpha value is -1.55. The van der Waals surface area contributed by atoms with Crippen molar-refractivity contribution in [2.45, 2.75) is 26.8 Å². The Morgan fingerprint density at radius 2 is 2.24 bits per heavy atom. The molecule has 5 heteroatoms. The van der Waals surface area contributed by atoms with Gasteiger partial charge in [-0.15, -0.1) is 0 Å². The second-order valence-corrected chi connectivity index (χ2v) is 4.05. The highest BCUT2D eigenvalue weighted by Gasteiger charge is 2.08. The fourth-order valence-electron chi connectivity index (χ4n) is 1.45. The van der Waals surface area contributed by atoms with Crippen molar-refractivity contribution in [3.63, 3.8) is 0 Å². The molecule has 1 N–H and O–H groups in total. The summed E-state index contributed by atoms with van der Waals surface area (Å²) in [6.07, 6.45) is 2.41. The summed E-state index contributed by atoms with van der Waals surface area (Å²) in [5.74, 6) is 2.36. The number of halogens is 1. The number of furan rings is 1. The summed E-state index contributed by atoms with van der Waals surface area (Å²) in [5, 5.41) is 3.70. The Labute approximate surface area is 105 Å². The van der Waals surface area contributed by atoms with Gasteiger partial charge in [0, 0.05) is 12.0 Å². The lowest BCUT2D eigenvalue weighted by Gasteiger charge is -2.09. The Morgan fingerprint density at radius 1 is 1.41 bits per heavy atom. The van der Waals surface area contributed by atoms with E-state index in [0.717, 1.165) is 29.4 Å². The average molecular weight is 252 g/mol. The fraction of sp³-hybridized carbons (Fsp3) is 0.333. The molecule has 0 fully saturated rings. The minimum Gasteiger partial charge on any atom is -0.467 e. The van der Waals surface area contributed by atoms with E-state index in [4.69, 9.17) is 16.0 Å². The van der Waals surface area contributed by atoms with Gasteiger partial charge in [-0.1, -0.05) is 18.5 Å². The monoisotopic (exact) mass is 251 g/mol. The molecule has 2 aromatic heterocycles. The molecule has 0 spiro atoms. The molecule has 0 aliphatic rings. The molecule has 0 amide bonds. The standard InChI is InChI=1S/C12H14ClN3O/c1-3-10-15-11(13)8(2)12(16-10)14-7-9-5-4-6-17-9/h4-6H,3,7H2,1-2H3,(H,14,15,16). The molecular weight excluding hydrogens is 238 g/mol. The molecule has 2 rings (SSSR count). The first-order valence-electron chi connectivity index (χ1n) is 5.50. The summed E-state index contributed by atoms with van der Waals surface area (Å²) >= 11 is 6.04. The van der Waals surface area contributed by atoms with Crippen molar-refractivity contribution in [2.75, 3.05) is 5.32 Å². The van der Waals surface area contributed by atoms with Crippen molar-refractivity contribution in [3.05, 3.63) is 40.7 Å². The predicted octanol–water partition coefficient (Wildman–Crippen LogP) is 3.21. The molecule has 0 aromatic carbocycles. The van der Waals surface area contributed by atoms with Crippen LogP contribution in [0.15, 0.2) is 22.8 Å². The van der Waals surface area contributed by atoms with Crippen LogP contribution in [0.2, 0.25) is 5.15 Å². The molecule has 2 heterocycles. The van der Waals surface area contributed by atoms with E-state index >= 15 is 0 Å². The van der Waals surface area contributed by atoms with E-state index in [-0.39, 0.29) is 0 Å². The predicted molar refractivity (Wildman–Crippen MR) is 67.2 cm³/mol. The lowest BCUT2D eigenvalue weighted by Crippen LogP contribution is -2.06. The molecule has 0 bridgehead atoms. The average Bonchev–Trinajstić information content (AvgIpc) is 2.84. The molecule has 4 nitrogen and oxygen atoms in total. The minimum atomic E-state index is 0.499. The zero-order valence-electron chi connectivity index (χ0n) is 9.83. The third kappa shape index (κ3) is 2.77. The van der Waals surface area contributed by atoms with E-state index in [1.807, 2.05) is 26.0 Å². The first-order chi connectivity index (χ1) is 8.20. The number of anilines is 1. The Morgan fingerprint density at radius 3 is 2.88 bits per heavy atom. The van der Waals surface area contributed by atoms with Crippen LogP contribution in [-0.2, 0) is 13.0 Å². The summed E-state index contributed by atoms with van der Waals surface area (Å²) in [4.78, 5) is 8.59. The topological polar surface area (TPSA) is 51.0 Å². The van der Waals surface area contributed by atoms with E-state index in [2.05, 4.69) is 15.3 Å². The van der Waals surface area contributed by atoms with Crippen LogP contribution in [0.1, 0.15) is 24.1 Å². The van der Waals surface area contributed by atoms with Gasteiger partial charge in [0.25, 0.3) is 0 Å². The van der Waals surface area contributed by atoms with E-state index in [9.17, 15) is 0 Å². The van der Waals surface area contributed by atoms with Crippen molar-refractivity contribution in [1.29, 1.82) is 0 Å². The maximum Gasteiger partial charge on any atom is 0.137 e. The fourth-order valence-corrected chi connectivity index (χ4v) is 1.63. The molecule has 0 unspecified atom stereocenters. The van der Waals surface area contributed by atoms with Crippen LogP contribution in [0.25, 0.3) is 0 Å². The number of aromatic nitrogens is 2. The van der Waals surface area contributed by atoms with Gasteiger partial charge in [-0.3, -0.25) is 0 Å². The first-order valence-corrected chi connectivity index (χ1v) is 5.87. The van der Waals surface area contributed by atoms with Crippen LogP contribution in [0.5, 0.6) is 0 Å². The van der Waals surface area contributed by atoms with Gasteiger partial charge < -0.3 is 9.73 Å². The van der Waals surface area contributed by atoms with E-state index in [1.54, 1.807) is 6.26 Å². The smallest absolute Gasteiger partial charge is 0.137 e. The van der Waals surface area contributed by atoms with Gasteiger partial charge in [0.05, 0.1) is 12.8 Å². The molecule has 0 saturated heterocycles. The van der Waals surface area contributed by atoms with Gasteiger partial charge >= 0.3 is 0 Å². The summed E-state index contributed by atoms with van der Waals surface area (Å²) in [6.45, 7) is 4.48. The summed E-state index contributed by atoms with van der Waals surface area (Å²) in [6, 6.07) is 3.76. The van der Waals surface area contributed by atoms with Crippen molar-refractivity contribution in [3.8, 4) is 0 Å². The highest BCUT2D eigenvalue weighted by Crippen LogP contribution is 2.20. The normalized spacial score (nSPS) is 10.5. The first kappa shape index (κ1) is 11.9. The molecule has 0 saturated carbocycles. The van der Waals surface area contributed by atoms with Crippen LogP contribution in [0.4, 0.5) is 5.82 Å². The lowest BCUT2D eigenvalue weighted by molar-refractivity contribution is 0.517. The van der Waals surface area contributed by atoms with Gasteiger partial charge in [-0.2, -0.15) is 0 Å². The molecule has 0 aliphatic carbocycles. The van der Waals surface area contributed by atoms with E-state index < -0.39 is 0 Å². The van der Waals surface area contributed by atoms with Crippen LogP contribution in [0.3, 0.4) is 0 Å². The second-order valence-electron chi connectivity index (χ2n) is 3.69.